The molecule has 0 N–H and O–H groups in total. The molecule has 1 saturated heterocycles. The molecule has 3 fully saturated rings. The van der Waals surface area contributed by atoms with Crippen LogP contribution in [0.3, 0.4) is 0 Å². The van der Waals surface area contributed by atoms with Crippen LogP contribution in [0.5, 0.6) is 0 Å². The minimum Gasteiger partial charge on any atom is -0.400 e. The molecule has 4 rings (SSSR count). The second-order valence-corrected chi connectivity index (χ2v) is 14.8. The molecule has 0 bridgehead atoms. The first-order valence-electron chi connectivity index (χ1n) is 12.9. The van der Waals surface area contributed by atoms with Crippen LogP contribution in [-0.2, 0) is 13.9 Å². The third-order valence-corrected chi connectivity index (χ3v) is 13.5. The third kappa shape index (κ3) is 4.45. The first kappa shape index (κ1) is 24.3. The van der Waals surface area contributed by atoms with Crippen molar-refractivity contribution in [1.82, 2.24) is 0 Å². The smallest absolute Gasteiger partial charge is 0.400 e. The first-order valence-corrected chi connectivity index (χ1v) is 14.8. The van der Waals surface area contributed by atoms with Gasteiger partial charge in [0.1, 0.15) is 7.14 Å². The average molecular weight is 456 g/mol. The summed E-state index contributed by atoms with van der Waals surface area (Å²) in [6.07, 6.45) is 11.7. The standard InChI is InChI=1S/C27H42BO3P/c1-21(28-30-26(2,3)27(4,5)31-28)25(22-15-9-6-10-16-22)32(29,23-17-11-7-12-18-23)24-19-13-8-14-20-24/h6,9-10,15-16,23-25H,1,7-8,11-14,17-20H2,2-5H3. The Morgan fingerprint density at radius 3 is 1.75 bits per heavy atom. The summed E-state index contributed by atoms with van der Waals surface area (Å²) in [6, 6.07) is 10.5. The fourth-order valence-corrected chi connectivity index (χ4v) is 11.2. The van der Waals surface area contributed by atoms with E-state index in [9.17, 15) is 0 Å². The summed E-state index contributed by atoms with van der Waals surface area (Å²) in [4.78, 5) is 0. The molecular formula is C27H42BO3P. The Kier molecular flexibility index (Phi) is 7.17. The van der Waals surface area contributed by atoms with Gasteiger partial charge in [0.15, 0.2) is 0 Å². The van der Waals surface area contributed by atoms with E-state index in [1.54, 1.807) is 0 Å². The summed E-state index contributed by atoms with van der Waals surface area (Å²) in [5.41, 5.74) is 1.54. The van der Waals surface area contributed by atoms with Crippen LogP contribution < -0.4 is 0 Å². The molecule has 0 radical (unpaired) electrons. The molecule has 0 amide bonds. The van der Waals surface area contributed by atoms with E-state index in [1.165, 1.54) is 38.5 Å². The van der Waals surface area contributed by atoms with Gasteiger partial charge in [-0.3, -0.25) is 0 Å². The minimum atomic E-state index is -2.65. The van der Waals surface area contributed by atoms with Crippen molar-refractivity contribution in [2.24, 2.45) is 0 Å². The second kappa shape index (κ2) is 9.44. The van der Waals surface area contributed by atoms with Crippen molar-refractivity contribution < 1.29 is 13.9 Å². The lowest BCUT2D eigenvalue weighted by Crippen LogP contribution is -2.41. The van der Waals surface area contributed by atoms with E-state index in [2.05, 4.69) is 58.5 Å². The highest BCUT2D eigenvalue weighted by Gasteiger charge is 2.56. The van der Waals surface area contributed by atoms with E-state index in [1.807, 2.05) is 6.07 Å². The van der Waals surface area contributed by atoms with E-state index in [0.717, 1.165) is 36.7 Å². The highest BCUT2D eigenvalue weighted by atomic mass is 31.2. The fourth-order valence-electron chi connectivity index (χ4n) is 6.15. The molecule has 3 nitrogen and oxygen atoms in total. The van der Waals surface area contributed by atoms with Crippen LogP contribution in [0, 0.1) is 0 Å². The summed E-state index contributed by atoms with van der Waals surface area (Å²) in [5.74, 6) is 0. The molecule has 32 heavy (non-hydrogen) atoms. The van der Waals surface area contributed by atoms with Crippen LogP contribution in [0.4, 0.5) is 0 Å². The molecule has 1 aliphatic heterocycles. The number of rotatable bonds is 6. The Hall–Kier alpha value is -0.825. The largest absolute Gasteiger partial charge is 0.491 e. The summed E-state index contributed by atoms with van der Waals surface area (Å²) in [7, 11) is -3.18. The Morgan fingerprint density at radius 1 is 0.875 bits per heavy atom. The molecule has 0 spiro atoms. The lowest BCUT2D eigenvalue weighted by atomic mass is 9.75. The van der Waals surface area contributed by atoms with Gasteiger partial charge in [0.05, 0.1) is 16.9 Å². The van der Waals surface area contributed by atoms with Gasteiger partial charge in [-0.25, -0.2) is 0 Å². The summed E-state index contributed by atoms with van der Waals surface area (Å²) >= 11 is 0. The van der Waals surface area contributed by atoms with Crippen molar-refractivity contribution in [3.8, 4) is 0 Å². The molecule has 0 aromatic heterocycles. The van der Waals surface area contributed by atoms with Gasteiger partial charge < -0.3 is 13.9 Å². The Morgan fingerprint density at radius 2 is 1.31 bits per heavy atom. The molecule has 176 valence electrons. The van der Waals surface area contributed by atoms with Crippen molar-refractivity contribution in [2.75, 3.05) is 0 Å². The van der Waals surface area contributed by atoms with Crippen LogP contribution in [0.25, 0.3) is 0 Å². The predicted molar refractivity (Wildman–Crippen MR) is 136 cm³/mol. The van der Waals surface area contributed by atoms with Crippen LogP contribution in [0.15, 0.2) is 42.4 Å². The maximum atomic E-state index is 15.6. The number of benzene rings is 1. The molecule has 2 saturated carbocycles. The van der Waals surface area contributed by atoms with Crippen molar-refractivity contribution in [2.45, 2.75) is 120 Å². The van der Waals surface area contributed by atoms with Crippen molar-refractivity contribution >= 4 is 14.3 Å². The average Bonchev–Trinajstić information content (AvgIpc) is 3.02. The van der Waals surface area contributed by atoms with Crippen molar-refractivity contribution in [3.05, 3.63) is 47.9 Å². The van der Waals surface area contributed by atoms with Crippen LogP contribution in [-0.4, -0.2) is 29.6 Å². The normalized spacial score (nSPS) is 25.6. The van der Waals surface area contributed by atoms with Gasteiger partial charge in [0, 0.05) is 11.3 Å². The van der Waals surface area contributed by atoms with Crippen LogP contribution >= 0.6 is 7.14 Å². The lowest BCUT2D eigenvalue weighted by Gasteiger charge is -2.44. The van der Waals surface area contributed by atoms with Gasteiger partial charge >= 0.3 is 7.12 Å². The molecule has 1 aromatic carbocycles. The second-order valence-electron chi connectivity index (χ2n) is 11.3. The number of hydrogen-bond donors (Lipinski definition) is 0. The van der Waals surface area contributed by atoms with Gasteiger partial charge in [-0.05, 0) is 64.4 Å². The molecule has 1 heterocycles. The van der Waals surface area contributed by atoms with Gasteiger partial charge in [0.2, 0.25) is 0 Å². The quantitative estimate of drug-likeness (QED) is 0.322. The van der Waals surface area contributed by atoms with Gasteiger partial charge in [-0.15, -0.1) is 6.58 Å². The highest BCUT2D eigenvalue weighted by Crippen LogP contribution is 2.73. The molecule has 1 unspecified atom stereocenters. The fraction of sp³-hybridized carbons (Fsp3) is 0.704. The van der Waals surface area contributed by atoms with Gasteiger partial charge in [0.25, 0.3) is 0 Å². The van der Waals surface area contributed by atoms with E-state index >= 15 is 4.57 Å². The number of allylic oxidation sites excluding steroid dienone is 1. The zero-order chi connectivity index (χ0) is 23.0. The first-order chi connectivity index (χ1) is 15.2. The van der Waals surface area contributed by atoms with Crippen molar-refractivity contribution in [3.63, 3.8) is 0 Å². The van der Waals surface area contributed by atoms with E-state index in [0.29, 0.717) is 11.3 Å². The predicted octanol–water partition coefficient (Wildman–Crippen LogP) is 7.94. The zero-order valence-corrected chi connectivity index (χ0v) is 21.5. The lowest BCUT2D eigenvalue weighted by molar-refractivity contribution is 0.00578. The molecule has 1 aromatic rings. The minimum absolute atomic E-state index is 0.190. The summed E-state index contributed by atoms with van der Waals surface area (Å²) in [5, 5.41) is 0. The molecule has 5 heteroatoms. The van der Waals surface area contributed by atoms with E-state index in [-0.39, 0.29) is 5.66 Å². The molecular weight excluding hydrogens is 414 g/mol. The summed E-state index contributed by atoms with van der Waals surface area (Å²) in [6.45, 7) is 12.9. The monoisotopic (exact) mass is 456 g/mol. The Labute approximate surface area is 196 Å². The maximum Gasteiger partial charge on any atom is 0.491 e. The van der Waals surface area contributed by atoms with Gasteiger partial charge in [-0.2, -0.15) is 0 Å². The zero-order valence-electron chi connectivity index (χ0n) is 20.6. The third-order valence-electron chi connectivity index (χ3n) is 8.72. The van der Waals surface area contributed by atoms with E-state index in [4.69, 9.17) is 9.31 Å². The van der Waals surface area contributed by atoms with Crippen LogP contribution in [0.1, 0.15) is 103 Å². The van der Waals surface area contributed by atoms with Gasteiger partial charge in [-0.1, -0.05) is 68.9 Å². The summed E-state index contributed by atoms with van der Waals surface area (Å²) < 4.78 is 28.5. The topological polar surface area (TPSA) is 35.5 Å². The maximum absolute atomic E-state index is 15.6. The molecule has 2 aliphatic carbocycles. The molecule has 3 aliphatic rings. The van der Waals surface area contributed by atoms with Crippen molar-refractivity contribution in [1.29, 1.82) is 0 Å². The Balaban J connectivity index is 1.78. The Bertz CT molecular complexity index is 800. The highest BCUT2D eigenvalue weighted by molar-refractivity contribution is 7.66. The molecule has 1 atom stereocenters. The SMILES string of the molecule is C=C(B1OC(C)(C)C(C)(C)O1)C(c1ccccc1)P(=O)(C1CCCCC1)C1CCCCC1. The van der Waals surface area contributed by atoms with E-state index < -0.39 is 25.5 Å². The number of hydrogen-bond acceptors (Lipinski definition) is 3. The van der Waals surface area contributed by atoms with Crippen LogP contribution in [0.2, 0.25) is 0 Å².